The second-order valence-corrected chi connectivity index (χ2v) is 9.70. The number of benzene rings is 3. The number of thioether (sulfide) groups is 1. The number of imide groups is 1. The summed E-state index contributed by atoms with van der Waals surface area (Å²) in [4.78, 5) is 44.0. The first-order valence-corrected chi connectivity index (χ1v) is 12.6. The summed E-state index contributed by atoms with van der Waals surface area (Å²) < 4.78 is 5.24. The molecule has 0 aromatic heterocycles. The minimum absolute atomic E-state index is 0.245. The smallest absolute Gasteiger partial charge is 0.338 e. The molecule has 3 aromatic rings. The monoisotopic (exact) mass is 500 g/mol. The molecule has 0 radical (unpaired) electrons. The fraction of sp³-hybridized carbons (Fsp3) is 0.207. The fourth-order valence-corrected chi connectivity index (χ4v) is 4.87. The van der Waals surface area contributed by atoms with Gasteiger partial charge in [0.25, 0.3) is 11.8 Å². The molecule has 0 saturated heterocycles. The molecule has 184 valence electrons. The minimum atomic E-state index is -0.453. The van der Waals surface area contributed by atoms with Crippen LogP contribution in [0.5, 0.6) is 0 Å². The molecule has 0 bridgehead atoms. The summed E-state index contributed by atoms with van der Waals surface area (Å²) in [6.07, 6.45) is -0.245. The Morgan fingerprint density at radius 3 is 2.14 bits per heavy atom. The summed E-state index contributed by atoms with van der Waals surface area (Å²) in [5.74, 6) is -1.25. The van der Waals surface area contributed by atoms with Gasteiger partial charge in [-0.25, -0.2) is 9.69 Å². The van der Waals surface area contributed by atoms with E-state index in [0.717, 1.165) is 16.1 Å². The number of carbonyl (C=O) groups excluding carboxylic acids is 3. The van der Waals surface area contributed by atoms with Gasteiger partial charge in [0.05, 0.1) is 17.4 Å². The summed E-state index contributed by atoms with van der Waals surface area (Å²) >= 11 is 1.28. The van der Waals surface area contributed by atoms with Crippen molar-refractivity contribution in [3.8, 4) is 0 Å². The molecule has 36 heavy (non-hydrogen) atoms. The number of hydrogen-bond donors (Lipinski definition) is 0. The Morgan fingerprint density at radius 2 is 1.56 bits per heavy atom. The van der Waals surface area contributed by atoms with Crippen LogP contribution in [0.2, 0.25) is 0 Å². The minimum Gasteiger partial charge on any atom is -0.459 e. The van der Waals surface area contributed by atoms with E-state index in [1.807, 2.05) is 73.3 Å². The van der Waals surface area contributed by atoms with E-state index in [1.54, 1.807) is 38.1 Å². The van der Waals surface area contributed by atoms with Crippen LogP contribution in [-0.2, 0) is 14.3 Å². The topological polar surface area (TPSA) is 66.9 Å². The third-order valence-corrected chi connectivity index (χ3v) is 6.70. The Balaban J connectivity index is 1.73. The lowest BCUT2D eigenvalue weighted by atomic mass is 10.2. The zero-order valence-corrected chi connectivity index (χ0v) is 21.5. The number of ether oxygens (including phenoxy) is 1. The average Bonchev–Trinajstić information content (AvgIpc) is 3.10. The van der Waals surface area contributed by atoms with E-state index >= 15 is 0 Å². The molecule has 0 unspecified atom stereocenters. The molecule has 0 atom stereocenters. The molecule has 0 fully saturated rings. The van der Waals surface area contributed by atoms with E-state index in [1.165, 1.54) is 16.7 Å². The van der Waals surface area contributed by atoms with Crippen LogP contribution in [0.25, 0.3) is 0 Å². The number of amides is 2. The molecule has 0 aliphatic carbocycles. The molecule has 7 heteroatoms. The zero-order chi connectivity index (χ0) is 25.8. The van der Waals surface area contributed by atoms with Crippen LogP contribution in [0.3, 0.4) is 0 Å². The predicted molar refractivity (Wildman–Crippen MR) is 143 cm³/mol. The number of hydrogen-bond acceptors (Lipinski definition) is 6. The number of esters is 1. The molecule has 1 aliphatic heterocycles. The Morgan fingerprint density at radius 1 is 0.917 bits per heavy atom. The first-order chi connectivity index (χ1) is 17.3. The van der Waals surface area contributed by atoms with Gasteiger partial charge < -0.3 is 9.64 Å². The van der Waals surface area contributed by atoms with Crippen LogP contribution < -0.4 is 9.80 Å². The lowest BCUT2D eigenvalue weighted by Gasteiger charge is -2.24. The van der Waals surface area contributed by atoms with E-state index in [2.05, 4.69) is 0 Å². The van der Waals surface area contributed by atoms with Gasteiger partial charge >= 0.3 is 5.97 Å². The molecular weight excluding hydrogens is 472 g/mol. The lowest BCUT2D eigenvalue weighted by molar-refractivity contribution is -0.120. The molecule has 4 rings (SSSR count). The van der Waals surface area contributed by atoms with Crippen LogP contribution in [-0.4, -0.2) is 30.4 Å². The molecule has 3 aromatic carbocycles. The second-order valence-electron chi connectivity index (χ2n) is 8.62. The molecule has 0 saturated carbocycles. The average molecular weight is 501 g/mol. The van der Waals surface area contributed by atoms with E-state index < -0.39 is 17.8 Å². The Labute approximate surface area is 215 Å². The van der Waals surface area contributed by atoms with Gasteiger partial charge in [0, 0.05) is 17.1 Å². The standard InChI is InChI=1S/C29H28N2O4S/c1-5-30(22-9-7-6-8-10-22)25-26(36-24-17-11-20(4)12-18-24)28(33)31(27(25)32)23-15-13-21(14-16-23)29(34)35-19(2)3/h6-19H,5H2,1-4H3. The van der Waals surface area contributed by atoms with Crippen LogP contribution in [0, 0.1) is 6.92 Å². The first-order valence-electron chi connectivity index (χ1n) is 11.8. The molecule has 1 heterocycles. The maximum Gasteiger partial charge on any atom is 0.338 e. The van der Waals surface area contributed by atoms with Crippen molar-refractivity contribution in [2.24, 2.45) is 0 Å². The van der Waals surface area contributed by atoms with Crippen molar-refractivity contribution >= 4 is 40.9 Å². The lowest BCUT2D eigenvalue weighted by Crippen LogP contribution is -2.35. The number of aryl methyl sites for hydroxylation is 1. The Kier molecular flexibility index (Phi) is 7.60. The van der Waals surface area contributed by atoms with Crippen molar-refractivity contribution in [1.82, 2.24) is 0 Å². The Hall–Kier alpha value is -3.84. The van der Waals surface area contributed by atoms with Gasteiger partial charge in [0.1, 0.15) is 10.6 Å². The van der Waals surface area contributed by atoms with Crippen molar-refractivity contribution in [3.05, 3.63) is 101 Å². The van der Waals surface area contributed by atoms with Crippen LogP contribution >= 0.6 is 11.8 Å². The van der Waals surface area contributed by atoms with E-state index in [9.17, 15) is 14.4 Å². The Bertz CT molecular complexity index is 1300. The molecule has 6 nitrogen and oxygen atoms in total. The largest absolute Gasteiger partial charge is 0.459 e. The van der Waals surface area contributed by atoms with Crippen LogP contribution in [0.4, 0.5) is 11.4 Å². The van der Waals surface area contributed by atoms with Crippen molar-refractivity contribution in [2.45, 2.75) is 38.7 Å². The summed E-state index contributed by atoms with van der Waals surface area (Å²) in [6.45, 7) is 8.01. The van der Waals surface area contributed by atoms with Crippen LogP contribution in [0.15, 0.2) is 94.4 Å². The van der Waals surface area contributed by atoms with Gasteiger partial charge in [-0.1, -0.05) is 47.7 Å². The molecular formula is C29H28N2O4S. The highest BCUT2D eigenvalue weighted by molar-refractivity contribution is 8.04. The van der Waals surface area contributed by atoms with Gasteiger partial charge in [-0.15, -0.1) is 0 Å². The number of anilines is 2. The second kappa shape index (κ2) is 10.8. The number of rotatable bonds is 8. The first kappa shape index (κ1) is 25.3. The molecule has 0 N–H and O–H groups in total. The zero-order valence-electron chi connectivity index (χ0n) is 20.7. The van der Waals surface area contributed by atoms with Gasteiger partial charge in [-0.2, -0.15) is 0 Å². The summed E-state index contributed by atoms with van der Waals surface area (Å²) in [5.41, 5.74) is 3.02. The SMILES string of the molecule is CCN(C1=C(Sc2ccc(C)cc2)C(=O)N(c2ccc(C(=O)OC(C)C)cc2)C1=O)c1ccccc1. The van der Waals surface area contributed by atoms with Crippen LogP contribution in [0.1, 0.15) is 36.7 Å². The van der Waals surface area contributed by atoms with E-state index in [-0.39, 0.29) is 6.10 Å². The van der Waals surface area contributed by atoms with Crippen molar-refractivity contribution in [3.63, 3.8) is 0 Å². The highest BCUT2D eigenvalue weighted by atomic mass is 32.2. The summed E-state index contributed by atoms with van der Waals surface area (Å²) in [6, 6.07) is 23.7. The molecule has 2 amide bonds. The fourth-order valence-electron chi connectivity index (χ4n) is 3.89. The third-order valence-electron chi connectivity index (χ3n) is 5.62. The highest BCUT2D eigenvalue weighted by Crippen LogP contribution is 2.40. The molecule has 0 spiro atoms. The van der Waals surface area contributed by atoms with E-state index in [4.69, 9.17) is 4.74 Å². The number of likely N-dealkylation sites (N-methyl/N-ethyl adjacent to an activating group) is 1. The van der Waals surface area contributed by atoms with Crippen molar-refractivity contribution in [2.75, 3.05) is 16.3 Å². The maximum absolute atomic E-state index is 13.8. The predicted octanol–water partition coefficient (Wildman–Crippen LogP) is 5.96. The third kappa shape index (κ3) is 5.21. The highest BCUT2D eigenvalue weighted by Gasteiger charge is 2.42. The van der Waals surface area contributed by atoms with Crippen molar-refractivity contribution in [1.29, 1.82) is 0 Å². The molecule has 1 aliphatic rings. The number of para-hydroxylation sites is 1. The quantitative estimate of drug-likeness (QED) is 0.281. The van der Waals surface area contributed by atoms with Gasteiger partial charge in [0.15, 0.2) is 0 Å². The van der Waals surface area contributed by atoms with E-state index in [0.29, 0.717) is 28.4 Å². The summed E-state index contributed by atoms with van der Waals surface area (Å²) in [7, 11) is 0. The number of carbonyl (C=O) groups is 3. The van der Waals surface area contributed by atoms with Gasteiger partial charge in [-0.05, 0) is 76.2 Å². The number of nitrogens with zero attached hydrogens (tertiary/aromatic N) is 2. The van der Waals surface area contributed by atoms with Crippen molar-refractivity contribution < 1.29 is 19.1 Å². The van der Waals surface area contributed by atoms with Gasteiger partial charge in [0.2, 0.25) is 0 Å². The van der Waals surface area contributed by atoms with Gasteiger partial charge in [-0.3, -0.25) is 9.59 Å². The summed E-state index contributed by atoms with van der Waals surface area (Å²) in [5, 5.41) is 0. The maximum atomic E-state index is 13.8. The normalized spacial score (nSPS) is 13.5.